The van der Waals surface area contributed by atoms with Crippen molar-refractivity contribution in [2.45, 2.75) is 156 Å². The molecule has 0 saturated heterocycles. The van der Waals surface area contributed by atoms with E-state index in [1.165, 1.54) is 72.8 Å². The van der Waals surface area contributed by atoms with Gasteiger partial charge in [0.15, 0.2) is 0 Å². The molecule has 0 spiro atoms. The topological polar surface area (TPSA) is 70.2 Å². The Labute approximate surface area is 735 Å². The molecule has 3 aromatic heterocycles. The lowest BCUT2D eigenvalue weighted by atomic mass is 9.85. The van der Waals surface area contributed by atoms with Gasteiger partial charge in [-0.1, -0.05) is 153 Å². The molecule has 9 nitrogen and oxygen atoms in total. The van der Waals surface area contributed by atoms with E-state index in [0.717, 1.165) is 72.8 Å². The molecule has 0 N–H and O–H groups in total. The van der Waals surface area contributed by atoms with Gasteiger partial charge in [0, 0.05) is 105 Å². The van der Waals surface area contributed by atoms with E-state index in [2.05, 4.69) is 0 Å². The van der Waals surface area contributed by atoms with E-state index in [-0.39, 0.29) is 191 Å². The van der Waals surface area contributed by atoms with E-state index < -0.39 is 70.4 Å². The Morgan fingerprint density at radius 2 is 0.333 bits per heavy atom. The molecule has 3 heterocycles. The normalized spacial score (nSPS) is 12.3. The summed E-state index contributed by atoms with van der Waals surface area (Å²) in [5, 5.41) is 0. The fourth-order valence-corrected chi connectivity index (χ4v) is 15.1. The summed E-state index contributed by atoms with van der Waals surface area (Å²) in [5.74, 6) is 1.21. The average molecular weight is 1800 g/mol. The van der Waals surface area contributed by atoms with Crippen LogP contribution in [0.2, 0.25) is 0 Å². The molecule has 0 atom stereocenters. The first-order chi connectivity index (χ1) is 61.5. The number of rotatable bonds is 36. The first-order valence-corrected chi connectivity index (χ1v) is 42.7. The van der Waals surface area contributed by atoms with E-state index in [1.54, 1.807) is 105 Å². The second-order valence-electron chi connectivity index (χ2n) is 31.4. The maximum atomic E-state index is 15.0. The zero-order valence-electron chi connectivity index (χ0n) is 71.3. The van der Waals surface area contributed by atoms with Crippen molar-refractivity contribution in [2.75, 3.05) is 39.6 Å². The summed E-state index contributed by atoms with van der Waals surface area (Å²) in [6, 6.07) is 39.6. The van der Waals surface area contributed by atoms with Crippen LogP contribution >= 0.6 is 0 Å². The van der Waals surface area contributed by atoms with Gasteiger partial charge in [0.1, 0.15) is 34.5 Å². The van der Waals surface area contributed by atoms with Crippen molar-refractivity contribution in [3.05, 3.63) is 271 Å². The fraction of sp³-hybridized carbons (Fsp3) is 0.294. The van der Waals surface area contributed by atoms with E-state index in [1.807, 2.05) is 41.5 Å². The predicted octanol–water partition coefficient (Wildman–Crippen LogP) is 32.2. The van der Waals surface area contributed by atoms with Gasteiger partial charge in [-0.15, -0.1) is 0 Å². The Kier molecular flexibility index (Phi) is 29.3. The summed E-state index contributed by atoms with van der Waals surface area (Å²) in [7, 11) is 0. The van der Waals surface area contributed by atoms with Crippen LogP contribution in [0.25, 0.3) is 117 Å². The molecule has 0 fully saturated rings. The first kappa shape index (κ1) is 94.2. The average Bonchev–Trinajstić information content (AvgIpc) is 1.61. The molecule has 0 aliphatic carbocycles. The Morgan fingerprint density at radius 1 is 0.194 bits per heavy atom. The molecule has 0 aliphatic heterocycles. The monoisotopic (exact) mass is 1800 g/mol. The number of aromatic nitrogens is 3. The highest BCUT2D eigenvalue weighted by Gasteiger charge is 2.39. The molecular formula is C102H93F18N3O6. The third-order valence-corrected chi connectivity index (χ3v) is 21.9. The van der Waals surface area contributed by atoms with Crippen LogP contribution < -0.4 is 28.4 Å². The van der Waals surface area contributed by atoms with Crippen molar-refractivity contribution in [3.8, 4) is 152 Å². The molecule has 10 aromatic carbocycles. The maximum absolute atomic E-state index is 15.0. The van der Waals surface area contributed by atoms with Gasteiger partial charge < -0.3 is 42.1 Å². The second-order valence-corrected chi connectivity index (χ2v) is 31.4. The minimum atomic E-state index is -4.89. The second kappa shape index (κ2) is 40.1. The highest BCUT2D eigenvalue weighted by molar-refractivity contribution is 6.06. The SMILES string of the molecule is CCCCOc1cc(OCCCC)cc(-c2c(-n3cc(-c4ccc(C(F)(F)F)cc4)c(-c4ccc(C(F)(F)F)cc4)c3)c(-c3cc(OCCCC)cc(OCCCC)c3)c(-n3cc(-c4ccc(C(F)(F)F)cc4)c(-c4ccc(C(F)(F)F)cc4)c3)c(-c3cc(OCCCC)cc(OCCCC)c3)c2-n2cc(-c3ccc(C(F)(F)F)cc3)c(-c3ccc(C(F)(F)F)cc3)c2)c1. The van der Waals surface area contributed by atoms with Crippen molar-refractivity contribution >= 4 is 0 Å². The van der Waals surface area contributed by atoms with Gasteiger partial charge in [0.25, 0.3) is 0 Å². The molecule has 0 bridgehead atoms. The van der Waals surface area contributed by atoms with Gasteiger partial charge in [-0.25, -0.2) is 0 Å². The maximum Gasteiger partial charge on any atom is 0.416 e. The minimum Gasteiger partial charge on any atom is -0.493 e. The predicted molar refractivity (Wildman–Crippen MR) is 466 cm³/mol. The summed E-state index contributed by atoms with van der Waals surface area (Å²) in [4.78, 5) is 0. The summed E-state index contributed by atoms with van der Waals surface area (Å²) in [5.41, 5.74) is -4.30. The zero-order chi connectivity index (χ0) is 92.3. The molecule has 0 unspecified atom stereocenters. The lowest BCUT2D eigenvalue weighted by molar-refractivity contribution is -0.138. The fourth-order valence-electron chi connectivity index (χ4n) is 15.1. The van der Waals surface area contributed by atoms with Gasteiger partial charge >= 0.3 is 37.1 Å². The molecule has 678 valence electrons. The van der Waals surface area contributed by atoms with E-state index in [9.17, 15) is 79.0 Å². The van der Waals surface area contributed by atoms with E-state index in [4.69, 9.17) is 28.4 Å². The van der Waals surface area contributed by atoms with Gasteiger partial charge in [0.05, 0.1) is 90.1 Å². The number of alkyl halides is 18. The van der Waals surface area contributed by atoms with Crippen molar-refractivity contribution in [2.24, 2.45) is 0 Å². The van der Waals surface area contributed by atoms with E-state index >= 15 is 0 Å². The lowest BCUT2D eigenvalue weighted by Crippen LogP contribution is -2.12. The summed E-state index contributed by atoms with van der Waals surface area (Å²) < 4.78 is 315. The summed E-state index contributed by atoms with van der Waals surface area (Å²) in [6.07, 6.45) is -13.0. The highest BCUT2D eigenvalue weighted by Crippen LogP contribution is 2.57. The largest absolute Gasteiger partial charge is 0.493 e. The van der Waals surface area contributed by atoms with Crippen LogP contribution in [0.5, 0.6) is 34.5 Å². The highest BCUT2D eigenvalue weighted by atomic mass is 19.4. The van der Waals surface area contributed by atoms with Crippen LogP contribution in [0, 0.1) is 0 Å². The van der Waals surface area contributed by atoms with Crippen molar-refractivity contribution in [3.63, 3.8) is 0 Å². The lowest BCUT2D eigenvalue weighted by Gasteiger charge is -2.30. The third kappa shape index (κ3) is 22.5. The number of nitrogens with zero attached hydrogens (tertiary/aromatic N) is 3. The molecular weight excluding hydrogens is 1710 g/mol. The molecule has 13 aromatic rings. The summed E-state index contributed by atoms with van der Waals surface area (Å²) in [6.45, 7) is 12.4. The minimum absolute atomic E-state index is 0.0296. The number of ether oxygens (including phenoxy) is 6. The van der Waals surface area contributed by atoms with Gasteiger partial charge in [0.2, 0.25) is 0 Å². The first-order valence-electron chi connectivity index (χ1n) is 42.7. The third-order valence-electron chi connectivity index (χ3n) is 21.9. The molecule has 0 aliphatic rings. The Bertz CT molecular complexity index is 5050. The van der Waals surface area contributed by atoms with Crippen LogP contribution in [0.15, 0.2) is 237 Å². The zero-order valence-corrected chi connectivity index (χ0v) is 71.3. The number of unbranched alkanes of at least 4 members (excludes halogenated alkanes) is 6. The van der Waals surface area contributed by atoms with Gasteiger partial charge in [-0.3, -0.25) is 0 Å². The molecule has 0 amide bonds. The van der Waals surface area contributed by atoms with Crippen LogP contribution in [0.1, 0.15) is 152 Å². The van der Waals surface area contributed by atoms with Crippen LogP contribution in [0.3, 0.4) is 0 Å². The number of hydrogen-bond donors (Lipinski definition) is 0. The standard InChI is InChI=1S/C102H93F18N3O6/c1-7-13-43-124-79-49-70(50-80(55-79)125-44-14-8-2)91-94(121-58-85(64-19-31-73(32-20-64)97(103,104)105)86(59-121)65-21-33-74(34-22-65)98(106,107)108)92(71-51-81(126-45-15-9-3)56-82(52-71)127-46-16-10-4)96(123-62-89(68-27-39-77(40-28-68)101(115,116)117)90(63-123)69-29-41-78(42-30-69)102(118,119)120)93(72-53-83(128-47-17-11-5)57-84(54-72)129-48-18-12-6)95(91)122-60-87(66-23-35-75(36-24-66)99(109,110)111)88(61-122)67-25-37-76(38-26-67)100(112,113)114/h19-42,49-63H,7-18,43-48H2,1-6H3. The van der Waals surface area contributed by atoms with Crippen molar-refractivity contribution < 1.29 is 107 Å². The Morgan fingerprint density at radius 3 is 0.457 bits per heavy atom. The molecule has 13 rings (SSSR count). The Hall–Kier alpha value is -12.4. The molecule has 27 heteroatoms. The van der Waals surface area contributed by atoms with Gasteiger partial charge in [-0.2, -0.15) is 79.0 Å². The molecule has 0 radical (unpaired) electrons. The van der Waals surface area contributed by atoms with Crippen LogP contribution in [0.4, 0.5) is 79.0 Å². The Balaban J connectivity index is 1.39. The quantitative estimate of drug-likeness (QED) is 0.0288. The number of halogens is 18. The van der Waals surface area contributed by atoms with Crippen LogP contribution in [-0.4, -0.2) is 53.3 Å². The van der Waals surface area contributed by atoms with E-state index in [0.29, 0.717) is 77.0 Å². The molecule has 0 saturated carbocycles. The number of benzene rings is 10. The number of hydrogen-bond acceptors (Lipinski definition) is 6. The van der Waals surface area contributed by atoms with Gasteiger partial charge in [-0.05, 0) is 198 Å². The summed E-state index contributed by atoms with van der Waals surface area (Å²) >= 11 is 0. The van der Waals surface area contributed by atoms with Crippen molar-refractivity contribution in [1.82, 2.24) is 13.7 Å². The van der Waals surface area contributed by atoms with Crippen LogP contribution in [-0.2, 0) is 37.1 Å². The smallest absolute Gasteiger partial charge is 0.416 e. The molecule has 129 heavy (non-hydrogen) atoms. The van der Waals surface area contributed by atoms with Crippen molar-refractivity contribution in [1.29, 1.82) is 0 Å².